The molecule has 0 spiro atoms. The molecule has 0 bridgehead atoms. The summed E-state index contributed by atoms with van der Waals surface area (Å²) in [5.74, 6) is 1.68. The highest BCUT2D eigenvalue weighted by molar-refractivity contribution is 6.27. The molecule has 15 aromatic rings. The maximum atomic E-state index is 7.44. The van der Waals surface area contributed by atoms with Crippen molar-refractivity contribution in [2.24, 2.45) is 0 Å². The fourth-order valence-corrected chi connectivity index (χ4v) is 13.1. The molecule has 8 nitrogen and oxygen atoms in total. The van der Waals surface area contributed by atoms with E-state index in [1.807, 2.05) is 30.6 Å². The number of allylic oxidation sites excluding steroid dienone is 2. The van der Waals surface area contributed by atoms with Crippen molar-refractivity contribution in [1.29, 1.82) is 0 Å². The fourth-order valence-electron chi connectivity index (χ4n) is 13.1. The van der Waals surface area contributed by atoms with E-state index in [0.717, 1.165) is 122 Å². The quantitative estimate of drug-likeness (QED) is 0.150. The molecule has 8 heteroatoms. The molecule has 17 rings (SSSR count). The number of hydrogen-bond donors (Lipinski definition) is 0. The van der Waals surface area contributed by atoms with Gasteiger partial charge in [-0.25, -0.2) is 9.97 Å². The van der Waals surface area contributed by atoms with Crippen molar-refractivity contribution in [3.05, 3.63) is 273 Å². The highest BCUT2D eigenvalue weighted by Gasteiger charge is 2.40. The summed E-state index contributed by atoms with van der Waals surface area (Å²) < 4.78 is 17.1. The van der Waals surface area contributed by atoms with Crippen LogP contribution < -0.4 is 14.7 Å². The zero-order valence-corrected chi connectivity index (χ0v) is 43.1. The highest BCUT2D eigenvalue weighted by Crippen LogP contribution is 2.55. The van der Waals surface area contributed by atoms with Crippen molar-refractivity contribution in [2.45, 2.75) is 12.0 Å². The number of aromatic nitrogens is 3. The molecule has 0 N–H and O–H groups in total. The molecule has 2 aliphatic rings. The second-order valence-corrected chi connectivity index (χ2v) is 20.8. The molecule has 0 saturated heterocycles. The number of pyridine rings is 2. The van der Waals surface area contributed by atoms with E-state index in [2.05, 4.69) is 256 Å². The zero-order chi connectivity index (χ0) is 52.4. The van der Waals surface area contributed by atoms with E-state index in [0.29, 0.717) is 11.2 Å². The number of rotatable bonds is 8. The van der Waals surface area contributed by atoms with Crippen molar-refractivity contribution >= 4 is 133 Å². The summed E-state index contributed by atoms with van der Waals surface area (Å²) >= 11 is 0. The fraction of sp³-hybridized carbons (Fsp3) is 0.0278. The lowest BCUT2D eigenvalue weighted by atomic mass is 9.89. The monoisotopic (exact) mass is 1030 g/mol. The average molecular weight is 1030 g/mol. The van der Waals surface area contributed by atoms with E-state index >= 15 is 0 Å². The minimum atomic E-state index is 0.124. The topological polar surface area (TPSA) is 66.7 Å². The van der Waals surface area contributed by atoms with Gasteiger partial charge in [0, 0.05) is 84.3 Å². The molecular formula is C72H46N6O2. The maximum absolute atomic E-state index is 7.44. The third kappa shape index (κ3) is 6.56. The highest BCUT2D eigenvalue weighted by atomic mass is 16.3. The molecule has 80 heavy (non-hydrogen) atoms. The van der Waals surface area contributed by atoms with Crippen LogP contribution in [0.25, 0.3) is 92.9 Å². The molecule has 10 aromatic carbocycles. The Morgan fingerprint density at radius 3 is 1.91 bits per heavy atom. The standard InChI is InChI=1S/C72H46N6O2/c1-3-20-48(21-4-1)75-58-27-11-9-25-53(58)67-60(75)29-17-31-62(67)77(65-33-13-15-39-73-65)50-37-35-46-42-55-57-44-56-52-38-36-45-19-7-8-24-51(45)70(52)80-72(56)69(71(57)79-64(55)43-47(46)41-50)78(66-34-14-16-40-74-66)63-32-18-30-61-68(63)54-26-10-12-28-59(54)76(61)49-22-5-2-6-23-49/h1-44,53,58H. The summed E-state index contributed by atoms with van der Waals surface area (Å²) in [6.07, 6.45) is 12.8. The predicted octanol–water partition coefficient (Wildman–Crippen LogP) is 19.3. The van der Waals surface area contributed by atoms with Crippen molar-refractivity contribution in [3.8, 4) is 5.69 Å². The summed E-state index contributed by atoms with van der Waals surface area (Å²) in [6.45, 7) is 0. The summed E-state index contributed by atoms with van der Waals surface area (Å²) in [4.78, 5) is 17.2. The van der Waals surface area contributed by atoms with Gasteiger partial charge in [-0.2, -0.15) is 0 Å². The Hall–Kier alpha value is -10.7. The Morgan fingerprint density at radius 1 is 0.412 bits per heavy atom. The third-order valence-electron chi connectivity index (χ3n) is 16.5. The van der Waals surface area contributed by atoms with Gasteiger partial charge < -0.3 is 18.3 Å². The molecule has 2 atom stereocenters. The Kier molecular flexibility index (Phi) is 9.67. The van der Waals surface area contributed by atoms with Crippen molar-refractivity contribution < 1.29 is 8.83 Å². The number of benzene rings is 10. The van der Waals surface area contributed by atoms with Gasteiger partial charge in [0.15, 0.2) is 11.2 Å². The predicted molar refractivity (Wildman–Crippen MR) is 329 cm³/mol. The minimum absolute atomic E-state index is 0.124. The molecule has 376 valence electrons. The van der Waals surface area contributed by atoms with Gasteiger partial charge in [-0.15, -0.1) is 0 Å². The van der Waals surface area contributed by atoms with Crippen LogP contribution in [0.15, 0.2) is 276 Å². The van der Waals surface area contributed by atoms with Crippen LogP contribution in [0.3, 0.4) is 0 Å². The minimum Gasteiger partial charge on any atom is -0.454 e. The van der Waals surface area contributed by atoms with E-state index in [1.54, 1.807) is 0 Å². The molecule has 0 saturated carbocycles. The molecule has 5 aromatic heterocycles. The van der Waals surface area contributed by atoms with Crippen LogP contribution in [0, 0.1) is 0 Å². The van der Waals surface area contributed by atoms with Crippen LogP contribution in [0.1, 0.15) is 11.5 Å². The molecule has 0 fully saturated rings. The van der Waals surface area contributed by atoms with E-state index in [1.165, 1.54) is 11.3 Å². The lowest BCUT2D eigenvalue weighted by molar-refractivity contribution is 0.658. The van der Waals surface area contributed by atoms with E-state index in [-0.39, 0.29) is 12.0 Å². The molecule has 6 heterocycles. The van der Waals surface area contributed by atoms with Gasteiger partial charge in [0.05, 0.1) is 28.5 Å². The largest absolute Gasteiger partial charge is 0.454 e. The van der Waals surface area contributed by atoms with E-state index < -0.39 is 0 Å². The van der Waals surface area contributed by atoms with Gasteiger partial charge in [0.2, 0.25) is 0 Å². The first-order valence-corrected chi connectivity index (χ1v) is 27.2. The number of fused-ring (bicyclic) bond motifs is 15. The van der Waals surface area contributed by atoms with Crippen molar-refractivity contribution in [3.63, 3.8) is 0 Å². The number of hydrogen-bond acceptors (Lipinski definition) is 7. The molecule has 2 unspecified atom stereocenters. The Labute approximate surface area is 459 Å². The first kappa shape index (κ1) is 44.4. The van der Waals surface area contributed by atoms with Gasteiger partial charge in [0.1, 0.15) is 28.5 Å². The number of para-hydroxylation sites is 3. The van der Waals surface area contributed by atoms with Crippen LogP contribution in [0.2, 0.25) is 0 Å². The summed E-state index contributed by atoms with van der Waals surface area (Å²) in [5.41, 5.74) is 13.7. The lowest BCUT2D eigenvalue weighted by Gasteiger charge is -2.28. The Bertz CT molecular complexity index is 5040. The zero-order valence-electron chi connectivity index (χ0n) is 43.1. The summed E-state index contributed by atoms with van der Waals surface area (Å²) in [6, 6.07) is 82.0. The molecule has 1 aliphatic carbocycles. The lowest BCUT2D eigenvalue weighted by Crippen LogP contribution is -2.28. The second kappa shape index (κ2) is 17.4. The summed E-state index contributed by atoms with van der Waals surface area (Å²) in [5, 5.41) is 10.5. The summed E-state index contributed by atoms with van der Waals surface area (Å²) in [7, 11) is 0. The Balaban J connectivity index is 0.917. The van der Waals surface area contributed by atoms with E-state index in [4.69, 9.17) is 18.8 Å². The number of nitrogens with zero attached hydrogens (tertiary/aromatic N) is 6. The van der Waals surface area contributed by atoms with Gasteiger partial charge in [-0.1, -0.05) is 140 Å². The van der Waals surface area contributed by atoms with Crippen LogP contribution in [-0.4, -0.2) is 20.6 Å². The Morgan fingerprint density at radius 2 is 1.09 bits per heavy atom. The van der Waals surface area contributed by atoms with Crippen LogP contribution in [0.4, 0.5) is 45.8 Å². The van der Waals surface area contributed by atoms with E-state index in [9.17, 15) is 0 Å². The maximum Gasteiger partial charge on any atom is 0.163 e. The number of anilines is 8. The van der Waals surface area contributed by atoms with Gasteiger partial charge in [0.25, 0.3) is 0 Å². The first-order chi connectivity index (χ1) is 39.7. The van der Waals surface area contributed by atoms with Crippen molar-refractivity contribution in [1.82, 2.24) is 14.5 Å². The molecule has 0 amide bonds. The molecule has 0 radical (unpaired) electrons. The average Bonchev–Trinajstić information content (AvgIpc) is 4.38. The SMILES string of the molecule is C1=CC2c3c(N(c4ccc5cc6c(cc5c4)oc4c(N(c5ccccn5)c5cccc7c5c5ccccc5n7-c5ccccc5)c5oc7c8ccccc8ccc7c5cc46)c4ccccn4)cccc3N(c3ccccc3)C2C=C1. The van der Waals surface area contributed by atoms with Crippen LogP contribution in [0.5, 0.6) is 0 Å². The third-order valence-corrected chi connectivity index (χ3v) is 16.5. The number of furan rings is 2. The van der Waals surface area contributed by atoms with Gasteiger partial charge >= 0.3 is 0 Å². The van der Waals surface area contributed by atoms with Gasteiger partial charge in [-0.3, -0.25) is 9.80 Å². The first-order valence-electron chi connectivity index (χ1n) is 27.2. The smallest absolute Gasteiger partial charge is 0.163 e. The second-order valence-electron chi connectivity index (χ2n) is 20.8. The molecular weight excluding hydrogens is 981 g/mol. The molecule has 1 aliphatic heterocycles. The van der Waals surface area contributed by atoms with Crippen molar-refractivity contribution in [2.75, 3.05) is 14.7 Å². The van der Waals surface area contributed by atoms with Crippen LogP contribution in [-0.2, 0) is 0 Å². The normalized spacial score (nSPS) is 14.9. The van der Waals surface area contributed by atoms with Gasteiger partial charge in [-0.05, 0) is 131 Å². The van der Waals surface area contributed by atoms with Crippen LogP contribution >= 0.6 is 0 Å².